The summed E-state index contributed by atoms with van der Waals surface area (Å²) >= 11 is 0. The van der Waals surface area contributed by atoms with Gasteiger partial charge in [-0.15, -0.1) is 0 Å². The van der Waals surface area contributed by atoms with Crippen LogP contribution in [0.4, 0.5) is 0 Å². The van der Waals surface area contributed by atoms with Crippen LogP contribution in [0.25, 0.3) is 11.3 Å². The predicted octanol–water partition coefficient (Wildman–Crippen LogP) is 2.13. The van der Waals surface area contributed by atoms with Gasteiger partial charge in [0.25, 0.3) is 0 Å². The Balaban J connectivity index is 2.43. The maximum Gasteiger partial charge on any atom is 0.0684 e. The van der Waals surface area contributed by atoms with E-state index < -0.39 is 0 Å². The number of hydrogen-bond acceptors (Lipinski definition) is 2. The van der Waals surface area contributed by atoms with E-state index in [4.69, 9.17) is 5.11 Å². The Morgan fingerprint density at radius 2 is 2.13 bits per heavy atom. The van der Waals surface area contributed by atoms with Gasteiger partial charge in [0.2, 0.25) is 0 Å². The Morgan fingerprint density at radius 1 is 1.27 bits per heavy atom. The molecule has 0 atom stereocenters. The Bertz CT molecular complexity index is 435. The average Bonchev–Trinajstić information content (AvgIpc) is 2.81. The largest absolute Gasteiger partial charge is 0.392 e. The molecule has 0 unspecified atom stereocenters. The SMILES string of the molecule is CCc1cc(-c2ccn[nH]2)ccc1CO. The fraction of sp³-hybridized carbons (Fsp3) is 0.250. The van der Waals surface area contributed by atoms with Crippen molar-refractivity contribution < 1.29 is 5.11 Å². The Labute approximate surface area is 88.8 Å². The molecule has 0 fully saturated rings. The average molecular weight is 202 g/mol. The third kappa shape index (κ3) is 1.92. The van der Waals surface area contributed by atoms with Crippen molar-refractivity contribution in [3.63, 3.8) is 0 Å². The summed E-state index contributed by atoms with van der Waals surface area (Å²) in [6.07, 6.45) is 2.67. The van der Waals surface area contributed by atoms with Crippen molar-refractivity contribution in [2.45, 2.75) is 20.0 Å². The maximum absolute atomic E-state index is 9.15. The summed E-state index contributed by atoms with van der Waals surface area (Å²) in [5.74, 6) is 0. The molecule has 0 saturated heterocycles. The van der Waals surface area contributed by atoms with Gasteiger partial charge in [-0.2, -0.15) is 5.10 Å². The van der Waals surface area contributed by atoms with E-state index in [1.807, 2.05) is 18.2 Å². The molecule has 3 nitrogen and oxygen atoms in total. The first-order valence-corrected chi connectivity index (χ1v) is 5.07. The fourth-order valence-corrected chi connectivity index (χ4v) is 1.69. The highest BCUT2D eigenvalue weighted by Crippen LogP contribution is 2.21. The predicted molar refractivity (Wildman–Crippen MR) is 59.3 cm³/mol. The lowest BCUT2D eigenvalue weighted by atomic mass is 10.0. The van der Waals surface area contributed by atoms with Crippen LogP contribution in [0.3, 0.4) is 0 Å². The van der Waals surface area contributed by atoms with Gasteiger partial charge in [0.05, 0.1) is 12.3 Å². The number of aliphatic hydroxyl groups excluding tert-OH is 1. The second-order valence-electron chi connectivity index (χ2n) is 3.47. The molecule has 1 heterocycles. The quantitative estimate of drug-likeness (QED) is 0.801. The van der Waals surface area contributed by atoms with Crippen molar-refractivity contribution in [2.24, 2.45) is 0 Å². The monoisotopic (exact) mass is 202 g/mol. The molecule has 15 heavy (non-hydrogen) atoms. The van der Waals surface area contributed by atoms with Gasteiger partial charge in [0.1, 0.15) is 0 Å². The summed E-state index contributed by atoms with van der Waals surface area (Å²) in [7, 11) is 0. The summed E-state index contributed by atoms with van der Waals surface area (Å²) in [6.45, 7) is 2.19. The van der Waals surface area contributed by atoms with E-state index in [2.05, 4.69) is 23.2 Å². The van der Waals surface area contributed by atoms with E-state index in [1.165, 1.54) is 5.56 Å². The van der Waals surface area contributed by atoms with Crippen molar-refractivity contribution in [1.29, 1.82) is 0 Å². The molecule has 0 bridgehead atoms. The first-order chi connectivity index (χ1) is 7.35. The number of aromatic amines is 1. The molecule has 3 heteroatoms. The highest BCUT2D eigenvalue weighted by molar-refractivity contribution is 5.60. The number of hydrogen-bond donors (Lipinski definition) is 2. The van der Waals surface area contributed by atoms with E-state index >= 15 is 0 Å². The molecular formula is C12H14N2O. The molecule has 0 spiro atoms. The van der Waals surface area contributed by atoms with Crippen LogP contribution in [-0.2, 0) is 13.0 Å². The molecule has 2 rings (SSSR count). The van der Waals surface area contributed by atoms with E-state index in [0.29, 0.717) is 0 Å². The number of H-pyrrole nitrogens is 1. The number of aliphatic hydroxyl groups is 1. The summed E-state index contributed by atoms with van der Waals surface area (Å²) in [5.41, 5.74) is 4.31. The van der Waals surface area contributed by atoms with Crippen molar-refractivity contribution in [3.8, 4) is 11.3 Å². The topological polar surface area (TPSA) is 48.9 Å². The van der Waals surface area contributed by atoms with E-state index in [0.717, 1.165) is 23.2 Å². The van der Waals surface area contributed by atoms with Gasteiger partial charge in [-0.05, 0) is 35.2 Å². The molecule has 0 saturated carbocycles. The molecule has 0 aliphatic heterocycles. The first kappa shape index (κ1) is 9.93. The minimum absolute atomic E-state index is 0.104. The van der Waals surface area contributed by atoms with Crippen molar-refractivity contribution in [3.05, 3.63) is 41.6 Å². The summed E-state index contributed by atoms with van der Waals surface area (Å²) in [4.78, 5) is 0. The zero-order valence-corrected chi connectivity index (χ0v) is 8.70. The van der Waals surface area contributed by atoms with Gasteiger partial charge in [-0.3, -0.25) is 5.10 Å². The standard InChI is InChI=1S/C12H14N2O/c1-2-9-7-10(3-4-11(9)8-15)12-5-6-13-14-12/h3-7,15H,2,8H2,1H3,(H,13,14). The van der Waals surface area contributed by atoms with Gasteiger partial charge < -0.3 is 5.11 Å². The number of aryl methyl sites for hydroxylation is 1. The van der Waals surface area contributed by atoms with Gasteiger partial charge in [0.15, 0.2) is 0 Å². The lowest BCUT2D eigenvalue weighted by Gasteiger charge is -2.07. The number of nitrogens with zero attached hydrogens (tertiary/aromatic N) is 1. The van der Waals surface area contributed by atoms with Crippen molar-refractivity contribution >= 4 is 0 Å². The lowest BCUT2D eigenvalue weighted by Crippen LogP contribution is -1.93. The van der Waals surface area contributed by atoms with Crippen LogP contribution in [0.5, 0.6) is 0 Å². The van der Waals surface area contributed by atoms with E-state index in [-0.39, 0.29) is 6.61 Å². The zero-order valence-electron chi connectivity index (χ0n) is 8.70. The third-order valence-corrected chi connectivity index (χ3v) is 2.57. The number of rotatable bonds is 3. The van der Waals surface area contributed by atoms with Crippen LogP contribution in [0, 0.1) is 0 Å². The molecule has 78 valence electrons. The number of benzene rings is 1. The maximum atomic E-state index is 9.15. The van der Waals surface area contributed by atoms with Crippen molar-refractivity contribution in [1.82, 2.24) is 10.2 Å². The van der Waals surface area contributed by atoms with Gasteiger partial charge in [-0.1, -0.05) is 19.1 Å². The second-order valence-corrected chi connectivity index (χ2v) is 3.47. The summed E-state index contributed by atoms with van der Waals surface area (Å²) in [5, 5.41) is 16.0. The molecular weight excluding hydrogens is 188 g/mol. The van der Waals surface area contributed by atoms with Crippen LogP contribution in [0.1, 0.15) is 18.1 Å². The first-order valence-electron chi connectivity index (χ1n) is 5.07. The van der Waals surface area contributed by atoms with E-state index in [9.17, 15) is 0 Å². The Kier molecular flexibility index (Phi) is 2.83. The van der Waals surface area contributed by atoms with Crippen LogP contribution in [0.15, 0.2) is 30.5 Å². The zero-order chi connectivity index (χ0) is 10.7. The molecule has 0 radical (unpaired) electrons. The van der Waals surface area contributed by atoms with Crippen LogP contribution in [0.2, 0.25) is 0 Å². The normalized spacial score (nSPS) is 10.5. The number of nitrogens with one attached hydrogen (secondary N) is 1. The molecule has 2 aromatic rings. The lowest BCUT2D eigenvalue weighted by molar-refractivity contribution is 0.280. The molecule has 1 aromatic heterocycles. The number of aromatic nitrogens is 2. The van der Waals surface area contributed by atoms with Crippen LogP contribution < -0.4 is 0 Å². The Hall–Kier alpha value is -1.61. The highest BCUT2D eigenvalue weighted by atomic mass is 16.3. The Morgan fingerprint density at radius 3 is 2.73 bits per heavy atom. The minimum atomic E-state index is 0.104. The molecule has 0 amide bonds. The smallest absolute Gasteiger partial charge is 0.0684 e. The minimum Gasteiger partial charge on any atom is -0.392 e. The van der Waals surface area contributed by atoms with Crippen molar-refractivity contribution in [2.75, 3.05) is 0 Å². The van der Waals surface area contributed by atoms with E-state index in [1.54, 1.807) is 6.20 Å². The van der Waals surface area contributed by atoms with Crippen LogP contribution in [-0.4, -0.2) is 15.3 Å². The van der Waals surface area contributed by atoms with Gasteiger partial charge >= 0.3 is 0 Å². The van der Waals surface area contributed by atoms with Crippen LogP contribution >= 0.6 is 0 Å². The molecule has 1 aromatic carbocycles. The summed E-state index contributed by atoms with van der Waals surface area (Å²) < 4.78 is 0. The third-order valence-electron chi connectivity index (χ3n) is 2.57. The second kappa shape index (κ2) is 4.28. The van der Waals surface area contributed by atoms with Gasteiger partial charge in [0, 0.05) is 6.20 Å². The molecule has 2 N–H and O–H groups in total. The highest BCUT2D eigenvalue weighted by Gasteiger charge is 2.03. The molecule has 0 aliphatic rings. The molecule has 0 aliphatic carbocycles. The van der Waals surface area contributed by atoms with Gasteiger partial charge in [-0.25, -0.2) is 0 Å². The summed E-state index contributed by atoms with van der Waals surface area (Å²) in [6, 6.07) is 8.00. The fourth-order valence-electron chi connectivity index (χ4n) is 1.69.